The second kappa shape index (κ2) is 10.5. The van der Waals surface area contributed by atoms with Crippen molar-refractivity contribution in [2.75, 3.05) is 11.1 Å². The van der Waals surface area contributed by atoms with Crippen LogP contribution in [0.25, 0.3) is 20.4 Å². The Kier molecular flexibility index (Phi) is 7.03. The highest BCUT2D eigenvalue weighted by molar-refractivity contribution is 8.00. The molecule has 0 aliphatic carbocycles. The normalized spacial score (nSPS) is 12.0. The molecule has 10 heteroatoms. The molecule has 2 aromatic carbocycles. The molecule has 5 rings (SSSR count). The summed E-state index contributed by atoms with van der Waals surface area (Å²) in [5.41, 5.74) is 2.75. The lowest BCUT2D eigenvalue weighted by Gasteiger charge is -2.13. The van der Waals surface area contributed by atoms with Gasteiger partial charge in [-0.1, -0.05) is 36.0 Å². The van der Waals surface area contributed by atoms with Crippen LogP contribution in [0.3, 0.4) is 0 Å². The third kappa shape index (κ3) is 5.67. The Hall–Kier alpha value is -3.34. The number of nitrogens with zero attached hydrogens (tertiary/aromatic N) is 3. The lowest BCUT2D eigenvalue weighted by molar-refractivity contribution is -0.150. The molecule has 1 N–H and O–H groups in total. The molecular weight excluding hydrogens is 501 g/mol. The summed E-state index contributed by atoms with van der Waals surface area (Å²) in [4.78, 5) is 38.8. The van der Waals surface area contributed by atoms with E-state index in [-0.39, 0.29) is 11.7 Å². The van der Waals surface area contributed by atoms with Gasteiger partial charge in [0.2, 0.25) is 0 Å². The molecule has 5 aromatic rings. The Morgan fingerprint density at radius 3 is 2.74 bits per heavy atom. The number of carbonyl (C=O) groups is 2. The van der Waals surface area contributed by atoms with E-state index in [1.165, 1.54) is 34.1 Å². The fourth-order valence-electron chi connectivity index (χ4n) is 3.41. The maximum atomic E-state index is 12.5. The summed E-state index contributed by atoms with van der Waals surface area (Å²) in [6.07, 6.45) is 1.29. The van der Waals surface area contributed by atoms with Crippen LogP contribution in [0.2, 0.25) is 0 Å². The predicted molar refractivity (Wildman–Crippen MR) is 141 cm³/mol. The van der Waals surface area contributed by atoms with Crippen LogP contribution in [0.4, 0.5) is 5.69 Å². The van der Waals surface area contributed by atoms with Gasteiger partial charge in [0.25, 0.3) is 5.91 Å². The molecule has 0 aliphatic heterocycles. The lowest BCUT2D eigenvalue weighted by atomic mass is 10.1. The van der Waals surface area contributed by atoms with Gasteiger partial charge < -0.3 is 10.1 Å². The van der Waals surface area contributed by atoms with E-state index < -0.39 is 12.1 Å². The van der Waals surface area contributed by atoms with Gasteiger partial charge in [0.05, 0.1) is 21.0 Å². The van der Waals surface area contributed by atoms with Crippen molar-refractivity contribution < 1.29 is 14.3 Å². The second-order valence-corrected chi connectivity index (χ2v) is 10.7. The van der Waals surface area contributed by atoms with Crippen LogP contribution in [0.15, 0.2) is 71.3 Å². The largest absolute Gasteiger partial charge is 0.452 e. The van der Waals surface area contributed by atoms with Crippen molar-refractivity contribution >= 4 is 72.4 Å². The van der Waals surface area contributed by atoms with Crippen LogP contribution in [-0.2, 0) is 20.7 Å². The zero-order chi connectivity index (χ0) is 24.2. The Morgan fingerprint density at radius 1 is 1.09 bits per heavy atom. The highest BCUT2D eigenvalue weighted by atomic mass is 32.2. The van der Waals surface area contributed by atoms with Crippen LogP contribution in [0.5, 0.6) is 0 Å². The minimum atomic E-state index is -0.919. The van der Waals surface area contributed by atoms with Crippen LogP contribution < -0.4 is 5.32 Å². The molecule has 3 aromatic heterocycles. The minimum Gasteiger partial charge on any atom is -0.452 e. The van der Waals surface area contributed by atoms with E-state index in [2.05, 4.69) is 26.3 Å². The van der Waals surface area contributed by atoms with Gasteiger partial charge in [0.1, 0.15) is 16.2 Å². The van der Waals surface area contributed by atoms with Crippen LogP contribution >= 0.6 is 34.4 Å². The Morgan fingerprint density at radius 2 is 1.91 bits per heavy atom. The smallest absolute Gasteiger partial charge is 0.317 e. The van der Waals surface area contributed by atoms with E-state index in [1.54, 1.807) is 18.3 Å². The number of nitrogens with one attached hydrogen (secondary N) is 1. The number of carbonyl (C=O) groups excluding carboxylic acids is 2. The summed E-state index contributed by atoms with van der Waals surface area (Å²) in [5, 5.41) is 7.40. The van der Waals surface area contributed by atoms with Gasteiger partial charge in [0.15, 0.2) is 6.10 Å². The summed E-state index contributed by atoms with van der Waals surface area (Å²) in [6, 6.07) is 17.6. The molecule has 7 nitrogen and oxygen atoms in total. The van der Waals surface area contributed by atoms with Crippen molar-refractivity contribution in [2.24, 2.45) is 0 Å². The van der Waals surface area contributed by atoms with Gasteiger partial charge in [-0.15, -0.1) is 22.7 Å². The molecule has 3 heterocycles. The highest BCUT2D eigenvalue weighted by Crippen LogP contribution is 2.28. The van der Waals surface area contributed by atoms with E-state index in [4.69, 9.17) is 4.74 Å². The monoisotopic (exact) mass is 520 g/mol. The first-order chi connectivity index (χ1) is 17.0. The third-order valence-corrected chi connectivity index (χ3v) is 7.98. The number of thiazole rings is 1. The Labute approximate surface area is 213 Å². The SMILES string of the molecule is C[C@H](OC(=O)CSc1ncnc2sccc12)C(=O)Nc1ccc(Cc2nc3ccccc3s2)cc1. The number of ether oxygens (including phenoxy) is 1. The molecular formula is C25H20N4O3S3. The van der Waals surface area contributed by atoms with Gasteiger partial charge in [0, 0.05) is 17.5 Å². The first kappa shape index (κ1) is 23.4. The maximum Gasteiger partial charge on any atom is 0.317 e. The summed E-state index contributed by atoms with van der Waals surface area (Å²) >= 11 is 4.47. The molecule has 1 amide bonds. The minimum absolute atomic E-state index is 0.0556. The highest BCUT2D eigenvalue weighted by Gasteiger charge is 2.19. The number of hydrogen-bond donors (Lipinski definition) is 1. The predicted octanol–water partition coefficient (Wildman–Crippen LogP) is 5.55. The number of anilines is 1. The number of thiophene rings is 1. The van der Waals surface area contributed by atoms with Gasteiger partial charge in [-0.3, -0.25) is 9.59 Å². The van der Waals surface area contributed by atoms with Crippen molar-refractivity contribution in [1.82, 2.24) is 15.0 Å². The lowest BCUT2D eigenvalue weighted by Crippen LogP contribution is -2.30. The number of aromatic nitrogens is 3. The molecule has 0 bridgehead atoms. The van der Waals surface area contributed by atoms with Gasteiger partial charge in [-0.05, 0) is 48.2 Å². The summed E-state index contributed by atoms with van der Waals surface area (Å²) in [5.74, 6) is -0.810. The van der Waals surface area contributed by atoms with Gasteiger partial charge in [-0.25, -0.2) is 15.0 Å². The topological polar surface area (TPSA) is 94.1 Å². The van der Waals surface area contributed by atoms with E-state index in [1.807, 2.05) is 53.9 Å². The van der Waals surface area contributed by atoms with Crippen molar-refractivity contribution in [3.05, 3.63) is 76.9 Å². The van der Waals surface area contributed by atoms with Gasteiger partial charge in [-0.2, -0.15) is 0 Å². The molecule has 0 radical (unpaired) electrons. The number of thioether (sulfide) groups is 1. The number of hydrogen-bond acceptors (Lipinski definition) is 9. The zero-order valence-corrected chi connectivity index (χ0v) is 21.1. The first-order valence-corrected chi connectivity index (χ1v) is 13.5. The summed E-state index contributed by atoms with van der Waals surface area (Å²) in [6.45, 7) is 1.56. The molecule has 0 unspecified atom stereocenters. The Balaban J connectivity index is 1.12. The van der Waals surface area contributed by atoms with Gasteiger partial charge >= 0.3 is 5.97 Å². The van der Waals surface area contributed by atoms with Crippen molar-refractivity contribution in [3.63, 3.8) is 0 Å². The number of benzene rings is 2. The number of amides is 1. The van der Waals surface area contributed by atoms with E-state index in [0.717, 1.165) is 37.8 Å². The molecule has 0 spiro atoms. The third-order valence-electron chi connectivity index (χ3n) is 5.14. The molecule has 176 valence electrons. The van der Waals surface area contributed by atoms with Crippen LogP contribution in [0, 0.1) is 0 Å². The van der Waals surface area contributed by atoms with E-state index in [0.29, 0.717) is 5.69 Å². The average molecular weight is 521 g/mol. The number of rotatable bonds is 8. The Bertz CT molecular complexity index is 1460. The van der Waals surface area contributed by atoms with Crippen molar-refractivity contribution in [1.29, 1.82) is 0 Å². The molecule has 1 atom stereocenters. The average Bonchev–Trinajstić information content (AvgIpc) is 3.50. The summed E-state index contributed by atoms with van der Waals surface area (Å²) < 4.78 is 6.48. The zero-order valence-electron chi connectivity index (χ0n) is 18.6. The second-order valence-electron chi connectivity index (χ2n) is 7.68. The molecule has 35 heavy (non-hydrogen) atoms. The number of fused-ring (bicyclic) bond motifs is 2. The molecule has 0 saturated carbocycles. The van der Waals surface area contributed by atoms with Crippen LogP contribution in [-0.4, -0.2) is 38.7 Å². The molecule has 0 saturated heterocycles. The van der Waals surface area contributed by atoms with E-state index in [9.17, 15) is 9.59 Å². The van der Waals surface area contributed by atoms with Crippen LogP contribution in [0.1, 0.15) is 17.5 Å². The fraction of sp³-hybridized carbons (Fsp3) is 0.160. The summed E-state index contributed by atoms with van der Waals surface area (Å²) in [7, 11) is 0. The standard InChI is InChI=1S/C25H20N4O3S3/c1-15(32-22(30)13-34-25-18-10-11-33-24(18)26-14-27-25)23(31)28-17-8-6-16(7-9-17)12-21-29-19-4-2-3-5-20(19)35-21/h2-11,14-15H,12-13H2,1H3,(H,28,31)/t15-/m0/s1. The number of esters is 1. The maximum absolute atomic E-state index is 12.5. The van der Waals surface area contributed by atoms with Crippen molar-refractivity contribution in [2.45, 2.75) is 24.5 Å². The molecule has 0 aliphatic rings. The quantitative estimate of drug-likeness (QED) is 0.163. The number of para-hydroxylation sites is 1. The van der Waals surface area contributed by atoms with Crippen molar-refractivity contribution in [3.8, 4) is 0 Å². The first-order valence-electron chi connectivity index (χ1n) is 10.8. The fourth-order valence-corrected chi connectivity index (χ4v) is 5.98. The molecule has 0 fully saturated rings. The van der Waals surface area contributed by atoms with E-state index >= 15 is 0 Å².